The van der Waals surface area contributed by atoms with E-state index in [0.717, 1.165) is 0 Å². The van der Waals surface area contributed by atoms with E-state index in [1.54, 1.807) is 18.2 Å². The molecule has 1 heterocycles. The van der Waals surface area contributed by atoms with Gasteiger partial charge in [-0.1, -0.05) is 6.07 Å². The van der Waals surface area contributed by atoms with Crippen molar-refractivity contribution in [1.29, 1.82) is 0 Å². The highest BCUT2D eigenvalue weighted by Crippen LogP contribution is 2.26. The van der Waals surface area contributed by atoms with Crippen molar-refractivity contribution in [3.8, 4) is 18.1 Å². The third-order valence-electron chi connectivity index (χ3n) is 2.23. The molecule has 1 aliphatic heterocycles. The lowest BCUT2D eigenvalue weighted by atomic mass is 10.1. The SMILES string of the molecule is C#CCCOc1cccc2c1C(=O)NC2=O. The quantitative estimate of drug-likeness (QED) is 0.464. The molecule has 0 unspecified atom stereocenters. The van der Waals surface area contributed by atoms with Gasteiger partial charge in [-0.25, -0.2) is 0 Å². The summed E-state index contributed by atoms with van der Waals surface area (Å²) in [5, 5.41) is 2.21. The van der Waals surface area contributed by atoms with Crippen LogP contribution in [0.1, 0.15) is 27.1 Å². The molecule has 1 aromatic carbocycles. The predicted octanol–water partition coefficient (Wildman–Crippen LogP) is 0.972. The van der Waals surface area contributed by atoms with E-state index in [0.29, 0.717) is 29.9 Å². The number of ether oxygens (including phenoxy) is 1. The normalized spacial score (nSPS) is 12.9. The summed E-state index contributed by atoms with van der Waals surface area (Å²) < 4.78 is 5.35. The first-order chi connectivity index (χ1) is 7.74. The van der Waals surface area contributed by atoms with Crippen LogP contribution < -0.4 is 10.1 Å². The molecule has 4 nitrogen and oxygen atoms in total. The van der Waals surface area contributed by atoms with E-state index in [1.165, 1.54) is 0 Å². The van der Waals surface area contributed by atoms with E-state index < -0.39 is 5.91 Å². The lowest BCUT2D eigenvalue weighted by molar-refractivity contribution is 0.0878. The molecule has 2 amide bonds. The number of hydrogen-bond donors (Lipinski definition) is 1. The number of rotatable bonds is 3. The van der Waals surface area contributed by atoms with Crippen LogP contribution in [0.4, 0.5) is 0 Å². The number of hydrogen-bond acceptors (Lipinski definition) is 3. The molecule has 0 radical (unpaired) electrons. The molecule has 2 rings (SSSR count). The van der Waals surface area contributed by atoms with Crippen LogP contribution in [0.2, 0.25) is 0 Å². The van der Waals surface area contributed by atoms with Crippen LogP contribution in [0.3, 0.4) is 0 Å². The van der Waals surface area contributed by atoms with Crippen molar-refractivity contribution in [3.05, 3.63) is 29.3 Å². The van der Waals surface area contributed by atoms with Gasteiger partial charge in [0.2, 0.25) is 0 Å². The molecular weight excluding hydrogens is 206 g/mol. The monoisotopic (exact) mass is 215 g/mol. The molecule has 0 fully saturated rings. The summed E-state index contributed by atoms with van der Waals surface area (Å²) in [5.74, 6) is 2.03. The van der Waals surface area contributed by atoms with Crippen molar-refractivity contribution < 1.29 is 14.3 Å². The standard InChI is InChI=1S/C12H9NO3/c1-2-3-7-16-9-6-4-5-8-10(9)12(15)13-11(8)14/h1,4-6H,3,7H2,(H,13,14,15). The Bertz CT molecular complexity index is 499. The van der Waals surface area contributed by atoms with E-state index >= 15 is 0 Å². The Balaban J connectivity index is 2.31. The lowest BCUT2D eigenvalue weighted by Crippen LogP contribution is -2.20. The number of carbonyl (C=O) groups excluding carboxylic acids is 2. The zero-order valence-corrected chi connectivity index (χ0v) is 8.45. The predicted molar refractivity (Wildman–Crippen MR) is 57.2 cm³/mol. The Hall–Kier alpha value is -2.28. The van der Waals surface area contributed by atoms with Gasteiger partial charge >= 0.3 is 0 Å². The fourth-order valence-corrected chi connectivity index (χ4v) is 1.53. The van der Waals surface area contributed by atoms with Crippen LogP contribution in [0, 0.1) is 12.3 Å². The van der Waals surface area contributed by atoms with Crippen molar-refractivity contribution in [2.24, 2.45) is 0 Å². The van der Waals surface area contributed by atoms with Crippen LogP contribution >= 0.6 is 0 Å². The Morgan fingerprint density at radius 3 is 2.88 bits per heavy atom. The van der Waals surface area contributed by atoms with Crippen molar-refractivity contribution in [3.63, 3.8) is 0 Å². The number of benzene rings is 1. The zero-order valence-electron chi connectivity index (χ0n) is 8.45. The minimum atomic E-state index is -0.420. The number of imide groups is 1. The minimum Gasteiger partial charge on any atom is -0.492 e. The maximum absolute atomic E-state index is 11.5. The molecule has 0 spiro atoms. The summed E-state index contributed by atoms with van der Waals surface area (Å²) in [6.07, 6.45) is 5.55. The van der Waals surface area contributed by atoms with Crippen molar-refractivity contribution >= 4 is 11.8 Å². The molecule has 0 atom stereocenters. The van der Waals surface area contributed by atoms with Gasteiger partial charge in [0.15, 0.2) is 0 Å². The van der Waals surface area contributed by atoms with Crippen LogP contribution in [0.15, 0.2) is 18.2 Å². The first-order valence-corrected chi connectivity index (χ1v) is 4.79. The van der Waals surface area contributed by atoms with Gasteiger partial charge in [-0.15, -0.1) is 12.3 Å². The Morgan fingerprint density at radius 1 is 1.31 bits per heavy atom. The number of nitrogens with one attached hydrogen (secondary N) is 1. The highest BCUT2D eigenvalue weighted by atomic mass is 16.5. The summed E-state index contributed by atoms with van der Waals surface area (Å²) in [7, 11) is 0. The van der Waals surface area contributed by atoms with Crippen molar-refractivity contribution in [2.75, 3.05) is 6.61 Å². The van der Waals surface area contributed by atoms with E-state index in [9.17, 15) is 9.59 Å². The van der Waals surface area contributed by atoms with E-state index in [4.69, 9.17) is 11.2 Å². The second kappa shape index (κ2) is 4.07. The van der Waals surface area contributed by atoms with Crippen molar-refractivity contribution in [1.82, 2.24) is 5.32 Å². The van der Waals surface area contributed by atoms with Gasteiger partial charge in [-0.2, -0.15) is 0 Å². The van der Waals surface area contributed by atoms with Crippen LogP contribution in [0.5, 0.6) is 5.75 Å². The number of carbonyl (C=O) groups is 2. The van der Waals surface area contributed by atoms with E-state index in [2.05, 4.69) is 11.2 Å². The molecule has 80 valence electrons. The second-order valence-electron chi connectivity index (χ2n) is 3.26. The fraction of sp³-hybridized carbons (Fsp3) is 0.167. The summed E-state index contributed by atoms with van der Waals surface area (Å²) >= 11 is 0. The summed E-state index contributed by atoms with van der Waals surface area (Å²) in [4.78, 5) is 22.8. The average molecular weight is 215 g/mol. The smallest absolute Gasteiger partial charge is 0.262 e. The van der Waals surface area contributed by atoms with Crippen molar-refractivity contribution in [2.45, 2.75) is 6.42 Å². The van der Waals surface area contributed by atoms with E-state index in [1.807, 2.05) is 0 Å². The van der Waals surface area contributed by atoms with Gasteiger partial charge in [0.25, 0.3) is 11.8 Å². The molecule has 0 aliphatic carbocycles. The highest BCUT2D eigenvalue weighted by molar-refractivity contribution is 6.22. The van der Waals surface area contributed by atoms with Crippen LogP contribution in [0.25, 0.3) is 0 Å². The largest absolute Gasteiger partial charge is 0.492 e. The lowest BCUT2D eigenvalue weighted by Gasteiger charge is -2.06. The number of amides is 2. The van der Waals surface area contributed by atoms with Crippen LogP contribution in [-0.4, -0.2) is 18.4 Å². The topological polar surface area (TPSA) is 55.4 Å². The molecule has 1 aromatic rings. The Morgan fingerprint density at radius 2 is 2.12 bits per heavy atom. The van der Waals surface area contributed by atoms with Gasteiger partial charge < -0.3 is 4.74 Å². The molecule has 0 aromatic heterocycles. The molecule has 1 aliphatic rings. The molecular formula is C12H9NO3. The Labute approximate surface area is 92.6 Å². The van der Waals surface area contributed by atoms with Gasteiger partial charge in [0.05, 0.1) is 17.7 Å². The average Bonchev–Trinajstić information content (AvgIpc) is 2.56. The summed E-state index contributed by atoms with van der Waals surface area (Å²) in [5.41, 5.74) is 0.646. The third kappa shape index (κ3) is 1.63. The molecule has 1 N–H and O–H groups in total. The summed E-state index contributed by atoms with van der Waals surface area (Å²) in [6, 6.07) is 4.90. The minimum absolute atomic E-state index is 0.296. The fourth-order valence-electron chi connectivity index (χ4n) is 1.53. The molecule has 0 saturated heterocycles. The molecule has 0 bridgehead atoms. The summed E-state index contributed by atoms with van der Waals surface area (Å²) in [6.45, 7) is 0.328. The maximum Gasteiger partial charge on any atom is 0.262 e. The van der Waals surface area contributed by atoms with Crippen LogP contribution in [-0.2, 0) is 0 Å². The molecule has 0 saturated carbocycles. The Kier molecular flexibility index (Phi) is 2.61. The van der Waals surface area contributed by atoms with Gasteiger partial charge in [0.1, 0.15) is 5.75 Å². The third-order valence-corrected chi connectivity index (χ3v) is 2.23. The first kappa shape index (κ1) is 10.2. The number of fused-ring (bicyclic) bond motifs is 1. The zero-order chi connectivity index (χ0) is 11.5. The second-order valence-corrected chi connectivity index (χ2v) is 3.26. The molecule has 16 heavy (non-hydrogen) atoms. The van der Waals surface area contributed by atoms with Gasteiger partial charge in [-0.05, 0) is 12.1 Å². The maximum atomic E-state index is 11.5. The molecule has 4 heteroatoms. The highest BCUT2D eigenvalue weighted by Gasteiger charge is 2.29. The van der Waals surface area contributed by atoms with E-state index in [-0.39, 0.29) is 5.91 Å². The van der Waals surface area contributed by atoms with Gasteiger partial charge in [0, 0.05) is 6.42 Å². The first-order valence-electron chi connectivity index (χ1n) is 4.79. The van der Waals surface area contributed by atoms with Gasteiger partial charge in [-0.3, -0.25) is 14.9 Å². The number of terminal acetylenes is 1.